The molecule has 2 aromatic heterocycles. The number of aromatic nitrogens is 5. The highest BCUT2D eigenvalue weighted by molar-refractivity contribution is 5.83. The molecule has 5 aromatic rings. The van der Waals surface area contributed by atoms with E-state index in [0.29, 0.717) is 49.8 Å². The average Bonchev–Trinajstić information content (AvgIpc) is 3.40. The lowest BCUT2D eigenvalue weighted by molar-refractivity contribution is 0.200. The molecule has 3 aromatic carbocycles. The fraction of sp³-hybridized carbons (Fsp3) is 0.267. The van der Waals surface area contributed by atoms with Crippen LogP contribution in [0.2, 0.25) is 0 Å². The fourth-order valence-electron chi connectivity index (χ4n) is 5.45. The zero-order valence-corrected chi connectivity index (χ0v) is 22.0. The highest BCUT2D eigenvalue weighted by Gasteiger charge is 2.33. The van der Waals surface area contributed by atoms with E-state index in [1.165, 1.54) is 6.07 Å². The number of H-pyrrole nitrogens is 1. The van der Waals surface area contributed by atoms with Crippen molar-refractivity contribution < 1.29 is 4.39 Å². The first-order valence-corrected chi connectivity index (χ1v) is 13.2. The summed E-state index contributed by atoms with van der Waals surface area (Å²) in [5.74, 6) is 0.373. The number of halogens is 1. The Bertz CT molecular complexity index is 1670. The molecule has 1 N–H and O–H groups in total. The van der Waals surface area contributed by atoms with Gasteiger partial charge in [-0.1, -0.05) is 54.6 Å². The zero-order chi connectivity index (χ0) is 26.9. The summed E-state index contributed by atoms with van der Waals surface area (Å²) in [4.78, 5) is 21.1. The Kier molecular flexibility index (Phi) is 6.66. The number of fused-ring (bicyclic) bond motifs is 1. The van der Waals surface area contributed by atoms with Crippen LogP contribution in [0.3, 0.4) is 0 Å². The molecule has 0 amide bonds. The van der Waals surface area contributed by atoms with Gasteiger partial charge in [0.2, 0.25) is 0 Å². The van der Waals surface area contributed by atoms with Crippen molar-refractivity contribution in [3.8, 4) is 0 Å². The number of para-hydroxylation sites is 1. The van der Waals surface area contributed by atoms with Crippen LogP contribution in [0, 0.1) is 19.7 Å². The molecule has 0 bridgehead atoms. The minimum absolute atomic E-state index is 0.160. The lowest BCUT2D eigenvalue weighted by Gasteiger charge is -2.39. The van der Waals surface area contributed by atoms with E-state index in [-0.39, 0.29) is 11.4 Å². The van der Waals surface area contributed by atoms with Crippen LogP contribution in [-0.4, -0.2) is 56.3 Å². The SMILES string of the molecule is Cc1ccc2cc(C(c3nnnn3Cc3ccccc3)N3CCN(c4ccccc4F)CC3)c(=O)[nH]c2c1C. The Morgan fingerprint density at radius 3 is 2.46 bits per heavy atom. The molecule has 1 aliphatic rings. The van der Waals surface area contributed by atoms with Crippen molar-refractivity contribution in [3.05, 3.63) is 117 Å². The van der Waals surface area contributed by atoms with Crippen molar-refractivity contribution in [1.82, 2.24) is 30.1 Å². The Hall–Kier alpha value is -4.37. The molecule has 0 saturated carbocycles. The van der Waals surface area contributed by atoms with Gasteiger partial charge in [0.05, 0.1) is 17.7 Å². The molecule has 0 aliphatic carbocycles. The number of benzene rings is 3. The topological polar surface area (TPSA) is 82.9 Å². The molecule has 0 radical (unpaired) electrons. The molecule has 9 heteroatoms. The minimum Gasteiger partial charge on any atom is -0.367 e. The van der Waals surface area contributed by atoms with Crippen molar-refractivity contribution in [2.75, 3.05) is 31.1 Å². The van der Waals surface area contributed by atoms with Gasteiger partial charge in [0.25, 0.3) is 5.56 Å². The van der Waals surface area contributed by atoms with E-state index in [4.69, 9.17) is 0 Å². The van der Waals surface area contributed by atoms with Gasteiger partial charge in [-0.15, -0.1) is 5.10 Å². The number of anilines is 1. The number of aryl methyl sites for hydroxylation is 2. The first-order valence-electron chi connectivity index (χ1n) is 13.2. The number of nitrogens with zero attached hydrogens (tertiary/aromatic N) is 6. The number of rotatable bonds is 6. The van der Waals surface area contributed by atoms with E-state index in [2.05, 4.69) is 31.5 Å². The summed E-state index contributed by atoms with van der Waals surface area (Å²) in [6.07, 6.45) is 0. The van der Waals surface area contributed by atoms with E-state index < -0.39 is 6.04 Å². The first kappa shape index (κ1) is 24.9. The molecule has 1 atom stereocenters. The van der Waals surface area contributed by atoms with Gasteiger partial charge in [-0.2, -0.15) is 0 Å². The predicted molar refractivity (Wildman–Crippen MR) is 149 cm³/mol. The largest absolute Gasteiger partial charge is 0.367 e. The Morgan fingerprint density at radius 2 is 1.69 bits per heavy atom. The Morgan fingerprint density at radius 1 is 0.949 bits per heavy atom. The van der Waals surface area contributed by atoms with Crippen molar-refractivity contribution in [1.29, 1.82) is 0 Å². The second kappa shape index (κ2) is 10.4. The van der Waals surface area contributed by atoms with Crippen molar-refractivity contribution in [2.45, 2.75) is 26.4 Å². The van der Waals surface area contributed by atoms with Crippen LogP contribution >= 0.6 is 0 Å². The lowest BCUT2D eigenvalue weighted by Crippen LogP contribution is -2.49. The predicted octanol–water partition coefficient (Wildman–Crippen LogP) is 4.23. The standard InChI is InChI=1S/C30H30FN7O/c1-20-12-13-23-18-24(30(39)32-27(23)21(20)2)28(29-33-34-35-38(29)19-22-8-4-3-5-9-22)37-16-14-36(15-17-37)26-11-7-6-10-25(26)31/h3-13,18,28H,14-17,19H2,1-2H3,(H,32,39). The summed E-state index contributed by atoms with van der Waals surface area (Å²) >= 11 is 0. The zero-order valence-electron chi connectivity index (χ0n) is 22.0. The third-order valence-electron chi connectivity index (χ3n) is 7.73. The first-order chi connectivity index (χ1) is 19.0. The molecular weight excluding hydrogens is 493 g/mol. The van der Waals surface area contributed by atoms with Gasteiger partial charge in [0.15, 0.2) is 5.82 Å². The fourth-order valence-corrected chi connectivity index (χ4v) is 5.45. The monoisotopic (exact) mass is 523 g/mol. The molecular formula is C30H30FN7O. The molecule has 3 heterocycles. The van der Waals surface area contributed by atoms with Gasteiger partial charge in [0.1, 0.15) is 11.9 Å². The van der Waals surface area contributed by atoms with Crippen LogP contribution in [0.4, 0.5) is 10.1 Å². The van der Waals surface area contributed by atoms with Gasteiger partial charge >= 0.3 is 0 Å². The van der Waals surface area contributed by atoms with Gasteiger partial charge in [0, 0.05) is 31.7 Å². The summed E-state index contributed by atoms with van der Waals surface area (Å²) in [6, 6.07) is 22.5. The summed E-state index contributed by atoms with van der Waals surface area (Å²) in [7, 11) is 0. The number of piperazine rings is 1. The molecule has 1 fully saturated rings. The van der Waals surface area contributed by atoms with Crippen molar-refractivity contribution >= 4 is 16.6 Å². The normalized spacial score (nSPS) is 15.1. The molecule has 198 valence electrons. The summed E-state index contributed by atoms with van der Waals surface area (Å²) in [6.45, 7) is 6.99. The summed E-state index contributed by atoms with van der Waals surface area (Å²) < 4.78 is 16.3. The van der Waals surface area contributed by atoms with E-state index in [9.17, 15) is 9.18 Å². The smallest absolute Gasteiger partial charge is 0.253 e. The number of nitrogens with one attached hydrogen (secondary N) is 1. The van der Waals surface area contributed by atoms with Crippen LogP contribution in [0.15, 0.2) is 77.6 Å². The second-order valence-corrected chi connectivity index (χ2v) is 10.1. The third kappa shape index (κ3) is 4.81. The molecule has 6 rings (SSSR count). The quantitative estimate of drug-likeness (QED) is 0.359. The van der Waals surface area contributed by atoms with Gasteiger partial charge < -0.3 is 9.88 Å². The summed E-state index contributed by atoms with van der Waals surface area (Å²) in [5, 5.41) is 13.7. The minimum atomic E-state index is -0.471. The molecule has 39 heavy (non-hydrogen) atoms. The van der Waals surface area contributed by atoms with Crippen LogP contribution in [0.1, 0.15) is 34.1 Å². The van der Waals surface area contributed by atoms with Crippen molar-refractivity contribution in [2.24, 2.45) is 0 Å². The van der Waals surface area contributed by atoms with Gasteiger partial charge in [-0.25, -0.2) is 9.07 Å². The maximum atomic E-state index is 14.5. The number of hydrogen-bond donors (Lipinski definition) is 1. The lowest BCUT2D eigenvalue weighted by atomic mass is 9.99. The van der Waals surface area contributed by atoms with Crippen LogP contribution < -0.4 is 10.5 Å². The van der Waals surface area contributed by atoms with E-state index in [0.717, 1.165) is 27.6 Å². The number of tetrazole rings is 1. The molecule has 8 nitrogen and oxygen atoms in total. The van der Waals surface area contributed by atoms with E-state index in [1.807, 2.05) is 67.3 Å². The highest BCUT2D eigenvalue weighted by atomic mass is 19.1. The number of pyridine rings is 1. The third-order valence-corrected chi connectivity index (χ3v) is 7.73. The molecule has 1 aliphatic heterocycles. The molecule has 1 saturated heterocycles. The van der Waals surface area contributed by atoms with Crippen LogP contribution in [-0.2, 0) is 6.54 Å². The maximum absolute atomic E-state index is 14.5. The van der Waals surface area contributed by atoms with E-state index >= 15 is 0 Å². The molecule has 1 unspecified atom stereocenters. The summed E-state index contributed by atoms with van der Waals surface area (Å²) in [5.41, 5.74) is 5.11. The van der Waals surface area contributed by atoms with Gasteiger partial charge in [-0.05, 0) is 64.5 Å². The highest BCUT2D eigenvalue weighted by Crippen LogP contribution is 2.30. The molecule has 0 spiro atoms. The Labute approximate surface area is 225 Å². The average molecular weight is 524 g/mol. The van der Waals surface area contributed by atoms with Gasteiger partial charge in [-0.3, -0.25) is 9.69 Å². The van der Waals surface area contributed by atoms with E-state index in [1.54, 1.807) is 16.8 Å². The van der Waals surface area contributed by atoms with Crippen LogP contribution in [0.5, 0.6) is 0 Å². The second-order valence-electron chi connectivity index (χ2n) is 10.1. The Balaban J connectivity index is 1.41. The number of aromatic amines is 1. The van der Waals surface area contributed by atoms with Crippen LogP contribution in [0.25, 0.3) is 10.9 Å². The maximum Gasteiger partial charge on any atom is 0.253 e. The number of hydrogen-bond acceptors (Lipinski definition) is 6. The van der Waals surface area contributed by atoms with Crippen molar-refractivity contribution in [3.63, 3.8) is 0 Å².